The second kappa shape index (κ2) is 20.0. The monoisotopic (exact) mass is 728 g/mol. The van der Waals surface area contributed by atoms with Crippen molar-refractivity contribution < 1.29 is 23.5 Å². The van der Waals surface area contributed by atoms with Crippen LogP contribution >= 0.6 is 11.8 Å². The highest BCUT2D eigenvalue weighted by atomic mass is 32.2. The molecule has 0 unspecified atom stereocenters. The Bertz CT molecular complexity index is 1380. The van der Waals surface area contributed by atoms with Crippen molar-refractivity contribution in [3.05, 3.63) is 133 Å². The van der Waals surface area contributed by atoms with Crippen LogP contribution in [0.2, 0.25) is 18.1 Å². The molecule has 0 aliphatic rings. The van der Waals surface area contributed by atoms with Crippen LogP contribution < -0.4 is 0 Å². The Labute approximate surface area is 313 Å². The lowest BCUT2D eigenvalue weighted by molar-refractivity contribution is -0.174. The Morgan fingerprint density at radius 2 is 1.16 bits per heavy atom. The first-order valence-electron chi connectivity index (χ1n) is 18.4. The lowest BCUT2D eigenvalue weighted by Crippen LogP contribution is -2.50. The van der Waals surface area contributed by atoms with Crippen LogP contribution in [0.3, 0.4) is 0 Å². The fourth-order valence-electron chi connectivity index (χ4n) is 6.24. The van der Waals surface area contributed by atoms with Crippen LogP contribution in [-0.4, -0.2) is 45.3 Å². The van der Waals surface area contributed by atoms with Crippen molar-refractivity contribution >= 4 is 32.0 Å². The van der Waals surface area contributed by atoms with Gasteiger partial charge in [0.2, 0.25) is 0 Å². The van der Waals surface area contributed by atoms with E-state index >= 15 is 0 Å². The summed E-state index contributed by atoms with van der Waals surface area (Å²) in [5.74, 6) is -0.658. The smallest absolute Gasteiger partial charge is 0.323 e. The van der Waals surface area contributed by atoms with Gasteiger partial charge in [-0.25, -0.2) is 0 Å². The van der Waals surface area contributed by atoms with Gasteiger partial charge in [-0.3, -0.25) is 9.59 Å². The fraction of sp³-hybridized carbons (Fsp3) is 0.455. The summed E-state index contributed by atoms with van der Waals surface area (Å²) in [7, 11) is -2.42. The number of hydrogen-bond acceptors (Lipinski definition) is 6. The second-order valence-corrected chi connectivity index (χ2v) is 20.8. The highest BCUT2D eigenvalue weighted by Crippen LogP contribution is 2.50. The average Bonchev–Trinajstić information content (AvgIpc) is 3.13. The minimum absolute atomic E-state index is 0.00674. The molecule has 0 fully saturated rings. The summed E-state index contributed by atoms with van der Waals surface area (Å²) in [5, 5.41) is -0.110. The molecular weight excluding hydrogens is 669 g/mol. The molecule has 276 valence electrons. The molecule has 3 aromatic carbocycles. The first-order chi connectivity index (χ1) is 24.4. The zero-order valence-corrected chi connectivity index (χ0v) is 33.6. The molecule has 0 spiro atoms. The second-order valence-electron chi connectivity index (χ2n) is 14.8. The van der Waals surface area contributed by atoms with E-state index in [1.165, 1.54) is 12.2 Å². The third-order valence-electron chi connectivity index (χ3n) is 10.0. The molecule has 0 aromatic heterocycles. The van der Waals surface area contributed by atoms with E-state index in [0.29, 0.717) is 18.6 Å². The summed E-state index contributed by atoms with van der Waals surface area (Å²) < 4.78 is 18.2. The van der Waals surface area contributed by atoms with E-state index in [2.05, 4.69) is 127 Å². The van der Waals surface area contributed by atoms with Gasteiger partial charge in [0.15, 0.2) is 13.7 Å². The molecular formula is C44H60O5SSi. The van der Waals surface area contributed by atoms with Gasteiger partial charge < -0.3 is 13.9 Å². The van der Waals surface area contributed by atoms with Crippen molar-refractivity contribution in [3.63, 3.8) is 0 Å². The molecule has 51 heavy (non-hydrogen) atoms. The highest BCUT2D eigenvalue weighted by molar-refractivity contribution is 8.00. The predicted octanol–water partition coefficient (Wildman–Crippen LogP) is 11.3. The highest BCUT2D eigenvalue weighted by Gasteiger charge is 2.52. The van der Waals surface area contributed by atoms with Gasteiger partial charge in [0, 0.05) is 5.75 Å². The summed E-state index contributed by atoms with van der Waals surface area (Å²) in [6, 6.07) is 31.6. The summed E-state index contributed by atoms with van der Waals surface area (Å²) >= 11 is 1.78. The average molecular weight is 729 g/mol. The molecule has 1 atom stereocenters. The standard InChI is InChI=1S/C44H60O5SSi/c1-9-12-13-14-24-31-43(40(45)47-32-10-2,41(46)48-33-11-3)34-39(49-51(7,8)42(4,5)6)35-50-44(36-25-18-15-19-26-36,37-27-20-16-21-28-37)38-29-22-17-23-30-38/h10-11,15-23,25-30,39H,2-3,9,12-14,24,31-35H2,1,4-8H3/t39-/m0/s1. The molecule has 0 aliphatic heterocycles. The molecule has 0 bridgehead atoms. The van der Waals surface area contributed by atoms with Crippen molar-refractivity contribution in [3.8, 4) is 0 Å². The van der Waals surface area contributed by atoms with Crippen LogP contribution in [0.5, 0.6) is 0 Å². The van der Waals surface area contributed by atoms with E-state index in [9.17, 15) is 9.59 Å². The first kappa shape index (κ1) is 42.0. The van der Waals surface area contributed by atoms with Gasteiger partial charge in [-0.1, -0.05) is 176 Å². The van der Waals surface area contributed by atoms with E-state index in [0.717, 1.165) is 42.4 Å². The SMILES string of the molecule is C=CCOC(=O)C(CCCCCCC)(C[C@@H](CSC(c1ccccc1)(c1ccccc1)c1ccccc1)O[Si](C)(C)C(C)(C)C)C(=O)OCC=C. The third kappa shape index (κ3) is 11.1. The number of esters is 2. The lowest BCUT2D eigenvalue weighted by Gasteiger charge is -2.43. The van der Waals surface area contributed by atoms with Crippen LogP contribution in [0.25, 0.3) is 0 Å². The molecule has 0 N–H and O–H groups in total. The van der Waals surface area contributed by atoms with Crippen molar-refractivity contribution in [2.75, 3.05) is 19.0 Å². The first-order valence-corrected chi connectivity index (χ1v) is 22.3. The molecule has 0 heterocycles. The molecule has 0 aliphatic carbocycles. The number of carbonyl (C=O) groups is 2. The number of rotatable bonds is 22. The number of benzene rings is 3. The number of thioether (sulfide) groups is 1. The largest absolute Gasteiger partial charge is 0.461 e. The zero-order chi connectivity index (χ0) is 37.4. The predicted molar refractivity (Wildman–Crippen MR) is 216 cm³/mol. The molecule has 0 saturated heterocycles. The molecule has 0 radical (unpaired) electrons. The lowest BCUT2D eigenvalue weighted by atomic mass is 9.77. The topological polar surface area (TPSA) is 61.8 Å². The summed E-state index contributed by atoms with van der Waals surface area (Å²) in [6.07, 6.45) is 7.86. The zero-order valence-electron chi connectivity index (χ0n) is 31.8. The van der Waals surface area contributed by atoms with Crippen LogP contribution in [0.1, 0.15) is 89.3 Å². The Balaban J connectivity index is 2.22. The Kier molecular flexibility index (Phi) is 16.5. The van der Waals surface area contributed by atoms with Gasteiger partial charge in [-0.2, -0.15) is 0 Å². The van der Waals surface area contributed by atoms with Crippen molar-refractivity contribution in [2.45, 2.75) is 102 Å². The van der Waals surface area contributed by atoms with E-state index in [-0.39, 0.29) is 24.7 Å². The van der Waals surface area contributed by atoms with Crippen molar-refractivity contribution in [1.82, 2.24) is 0 Å². The van der Waals surface area contributed by atoms with Crippen LogP contribution in [0, 0.1) is 5.41 Å². The van der Waals surface area contributed by atoms with Crippen molar-refractivity contribution in [1.29, 1.82) is 0 Å². The van der Waals surface area contributed by atoms with Gasteiger partial charge in [-0.15, -0.1) is 11.8 Å². The fourth-order valence-corrected chi connectivity index (χ4v) is 9.24. The normalized spacial score (nSPS) is 12.9. The minimum Gasteiger partial charge on any atom is -0.461 e. The van der Waals surface area contributed by atoms with Crippen LogP contribution in [0.15, 0.2) is 116 Å². The van der Waals surface area contributed by atoms with Gasteiger partial charge in [0.05, 0.1) is 10.9 Å². The molecule has 0 amide bonds. The van der Waals surface area contributed by atoms with Gasteiger partial charge >= 0.3 is 11.9 Å². The number of ether oxygens (including phenoxy) is 2. The van der Waals surface area contributed by atoms with Gasteiger partial charge in [0.25, 0.3) is 0 Å². The van der Waals surface area contributed by atoms with Crippen molar-refractivity contribution in [2.24, 2.45) is 5.41 Å². The third-order valence-corrected chi connectivity index (χ3v) is 16.2. The maximum atomic E-state index is 14.3. The maximum absolute atomic E-state index is 14.3. The number of hydrogen-bond donors (Lipinski definition) is 0. The van der Waals surface area contributed by atoms with Crippen LogP contribution in [0.4, 0.5) is 0 Å². The number of unbranched alkanes of at least 4 members (excludes halogenated alkanes) is 4. The Hall–Kier alpha value is -3.39. The molecule has 0 saturated carbocycles. The molecule has 3 rings (SSSR count). The van der Waals surface area contributed by atoms with Crippen LogP contribution in [-0.2, 0) is 28.2 Å². The summed E-state index contributed by atoms with van der Waals surface area (Å²) in [5.41, 5.74) is 1.85. The Morgan fingerprint density at radius 1 is 0.725 bits per heavy atom. The van der Waals surface area contributed by atoms with E-state index < -0.39 is 36.5 Å². The summed E-state index contributed by atoms with van der Waals surface area (Å²) in [6.45, 7) is 20.8. The van der Waals surface area contributed by atoms with Gasteiger partial charge in [-0.05, 0) is 47.7 Å². The molecule has 7 heteroatoms. The van der Waals surface area contributed by atoms with Gasteiger partial charge in [0.1, 0.15) is 13.2 Å². The number of carbonyl (C=O) groups excluding carboxylic acids is 2. The summed E-state index contributed by atoms with van der Waals surface area (Å²) in [4.78, 5) is 28.5. The van der Waals surface area contributed by atoms with E-state index in [1.54, 1.807) is 11.8 Å². The van der Waals surface area contributed by atoms with E-state index in [4.69, 9.17) is 13.9 Å². The quantitative estimate of drug-likeness (QED) is 0.0256. The minimum atomic E-state index is -2.42. The molecule has 5 nitrogen and oxygen atoms in total. The van der Waals surface area contributed by atoms with E-state index in [1.807, 2.05) is 18.2 Å². The molecule has 3 aromatic rings. The maximum Gasteiger partial charge on any atom is 0.323 e. The Morgan fingerprint density at radius 3 is 1.55 bits per heavy atom.